The topological polar surface area (TPSA) is 104 Å². The van der Waals surface area contributed by atoms with Gasteiger partial charge in [-0.1, -0.05) is 6.07 Å². The second kappa shape index (κ2) is 8.67. The van der Waals surface area contributed by atoms with E-state index in [0.717, 1.165) is 31.5 Å². The number of carbonyl (C=O) groups is 1. The predicted molar refractivity (Wildman–Crippen MR) is 122 cm³/mol. The Morgan fingerprint density at radius 1 is 1.12 bits per heavy atom. The Balaban J connectivity index is 1.20. The Bertz CT molecular complexity index is 1170. The lowest BCUT2D eigenvalue weighted by atomic mass is 10.1. The van der Waals surface area contributed by atoms with Gasteiger partial charge in [-0.3, -0.25) is 4.79 Å². The van der Waals surface area contributed by atoms with Gasteiger partial charge in [-0.2, -0.15) is 5.26 Å². The lowest BCUT2D eigenvalue weighted by Gasteiger charge is -2.41. The molecule has 2 saturated heterocycles. The number of benzene rings is 1. The van der Waals surface area contributed by atoms with Crippen LogP contribution in [-0.4, -0.2) is 61.2 Å². The van der Waals surface area contributed by atoms with Gasteiger partial charge in [-0.25, -0.2) is 13.4 Å². The number of anilines is 1. The zero-order chi connectivity index (χ0) is 23.0. The Morgan fingerprint density at radius 3 is 2.52 bits per heavy atom. The number of hydrogen-bond donors (Lipinski definition) is 0. The molecule has 1 saturated carbocycles. The number of piperazine rings is 1. The van der Waals surface area contributed by atoms with E-state index in [-0.39, 0.29) is 41.2 Å². The minimum Gasteiger partial charge on any atom is -0.490 e. The molecule has 0 N–H and O–H groups in total. The fourth-order valence-corrected chi connectivity index (χ4v) is 5.96. The van der Waals surface area contributed by atoms with Gasteiger partial charge in [0.1, 0.15) is 17.6 Å². The van der Waals surface area contributed by atoms with Crippen LogP contribution in [0.15, 0.2) is 47.5 Å². The summed E-state index contributed by atoms with van der Waals surface area (Å²) in [6, 6.07) is 12.6. The lowest BCUT2D eigenvalue weighted by molar-refractivity contribution is -0.131. The molecule has 0 spiro atoms. The third kappa shape index (κ3) is 4.67. The molecule has 0 radical (unpaired) electrons. The van der Waals surface area contributed by atoms with Gasteiger partial charge in [0.15, 0.2) is 9.84 Å². The zero-order valence-electron chi connectivity index (χ0n) is 18.3. The smallest absolute Gasteiger partial charge is 0.223 e. The SMILES string of the molecule is N#Cc1ccc(N2C3CCC2CN(C(=O)CCS(=O)(=O)c2cccc(OC4CC4)c2)C3)nc1. The van der Waals surface area contributed by atoms with E-state index in [0.29, 0.717) is 24.4 Å². The molecule has 2 bridgehead atoms. The largest absolute Gasteiger partial charge is 0.490 e. The Hall–Kier alpha value is -3.12. The summed E-state index contributed by atoms with van der Waals surface area (Å²) in [5, 5.41) is 8.99. The van der Waals surface area contributed by atoms with Gasteiger partial charge < -0.3 is 14.5 Å². The highest BCUT2D eigenvalue weighted by molar-refractivity contribution is 7.91. The van der Waals surface area contributed by atoms with Crippen LogP contribution in [0.4, 0.5) is 5.82 Å². The van der Waals surface area contributed by atoms with Gasteiger partial charge in [0.25, 0.3) is 0 Å². The van der Waals surface area contributed by atoms with E-state index in [2.05, 4.69) is 16.0 Å². The molecule has 33 heavy (non-hydrogen) atoms. The van der Waals surface area contributed by atoms with E-state index in [1.54, 1.807) is 41.4 Å². The quantitative estimate of drug-likeness (QED) is 0.618. The number of aromatic nitrogens is 1. The monoisotopic (exact) mass is 466 g/mol. The van der Waals surface area contributed by atoms with Crippen molar-refractivity contribution in [3.63, 3.8) is 0 Å². The fraction of sp³-hybridized carbons (Fsp3) is 0.458. The standard InChI is InChI=1S/C24H26N4O4S/c25-13-17-4-9-23(26-14-17)28-18-5-6-19(28)16-27(15-18)24(29)10-11-33(30,31)22-3-1-2-21(12-22)32-20-7-8-20/h1-4,9,12,14,18-20H,5-8,10-11,15-16H2. The maximum absolute atomic E-state index is 12.9. The minimum absolute atomic E-state index is 0.0371. The van der Waals surface area contributed by atoms with Crippen LogP contribution in [0, 0.1) is 11.3 Å². The van der Waals surface area contributed by atoms with E-state index in [4.69, 9.17) is 10.00 Å². The highest BCUT2D eigenvalue weighted by Gasteiger charge is 2.42. The van der Waals surface area contributed by atoms with E-state index < -0.39 is 9.84 Å². The van der Waals surface area contributed by atoms with Gasteiger partial charge in [-0.15, -0.1) is 0 Å². The Kier molecular flexibility index (Phi) is 5.71. The number of nitrogens with zero attached hydrogens (tertiary/aromatic N) is 4. The number of carbonyl (C=O) groups excluding carboxylic acids is 1. The van der Waals surface area contributed by atoms with Crippen molar-refractivity contribution in [3.05, 3.63) is 48.2 Å². The molecule has 3 heterocycles. The van der Waals surface area contributed by atoms with Crippen molar-refractivity contribution in [2.24, 2.45) is 0 Å². The van der Waals surface area contributed by atoms with Crippen LogP contribution in [-0.2, 0) is 14.6 Å². The maximum atomic E-state index is 12.9. The van der Waals surface area contributed by atoms with Crippen molar-refractivity contribution in [2.75, 3.05) is 23.7 Å². The van der Waals surface area contributed by atoms with Crippen molar-refractivity contribution in [1.29, 1.82) is 5.26 Å². The molecule has 2 aliphatic heterocycles. The molecule has 172 valence electrons. The van der Waals surface area contributed by atoms with Crippen LogP contribution < -0.4 is 9.64 Å². The van der Waals surface area contributed by atoms with Crippen LogP contribution >= 0.6 is 0 Å². The second-order valence-electron chi connectivity index (χ2n) is 8.97. The molecule has 3 aliphatic rings. The number of amides is 1. The molecule has 1 amide bonds. The van der Waals surface area contributed by atoms with Crippen LogP contribution in [0.2, 0.25) is 0 Å². The predicted octanol–water partition coefficient (Wildman–Crippen LogP) is 2.54. The summed E-state index contributed by atoms with van der Waals surface area (Å²) in [6.07, 6.45) is 5.65. The van der Waals surface area contributed by atoms with E-state index in [1.807, 2.05) is 6.07 Å². The van der Waals surface area contributed by atoms with Gasteiger partial charge in [0.2, 0.25) is 5.91 Å². The number of sulfone groups is 1. The fourth-order valence-electron chi connectivity index (χ4n) is 4.70. The molecule has 5 rings (SSSR count). The summed E-state index contributed by atoms with van der Waals surface area (Å²) >= 11 is 0. The highest BCUT2D eigenvalue weighted by Crippen LogP contribution is 2.34. The zero-order valence-corrected chi connectivity index (χ0v) is 19.1. The van der Waals surface area contributed by atoms with Gasteiger partial charge in [-0.05, 0) is 56.0 Å². The Labute approximate surface area is 193 Å². The third-order valence-electron chi connectivity index (χ3n) is 6.55. The average Bonchev–Trinajstić information content (AvgIpc) is 3.60. The third-order valence-corrected chi connectivity index (χ3v) is 8.27. The van der Waals surface area contributed by atoms with Crippen LogP contribution in [0.5, 0.6) is 5.75 Å². The molecule has 2 aromatic rings. The first kappa shape index (κ1) is 21.7. The summed E-state index contributed by atoms with van der Waals surface area (Å²) in [6.45, 7) is 1.11. The first-order valence-electron chi connectivity index (χ1n) is 11.3. The second-order valence-corrected chi connectivity index (χ2v) is 11.1. The summed E-state index contributed by atoms with van der Waals surface area (Å²) < 4.78 is 31.4. The first-order chi connectivity index (χ1) is 15.9. The average molecular weight is 467 g/mol. The van der Waals surface area contributed by atoms with Gasteiger partial charge in [0, 0.05) is 37.8 Å². The Morgan fingerprint density at radius 2 is 1.88 bits per heavy atom. The van der Waals surface area contributed by atoms with Crippen LogP contribution in [0.3, 0.4) is 0 Å². The lowest BCUT2D eigenvalue weighted by Crippen LogP contribution is -2.55. The van der Waals surface area contributed by atoms with Crippen molar-refractivity contribution in [2.45, 2.75) is 55.2 Å². The molecule has 2 unspecified atom stereocenters. The first-order valence-corrected chi connectivity index (χ1v) is 13.0. The molecular formula is C24H26N4O4S. The summed E-state index contributed by atoms with van der Waals surface area (Å²) in [4.78, 5) is 21.6. The molecule has 2 atom stereocenters. The number of rotatable bonds is 7. The number of nitriles is 1. The van der Waals surface area contributed by atoms with Crippen LogP contribution in [0.1, 0.15) is 37.7 Å². The molecule has 3 fully saturated rings. The minimum atomic E-state index is -3.58. The van der Waals surface area contributed by atoms with Crippen molar-refractivity contribution >= 4 is 21.6 Å². The van der Waals surface area contributed by atoms with Crippen LogP contribution in [0.25, 0.3) is 0 Å². The van der Waals surface area contributed by atoms with Crippen molar-refractivity contribution in [1.82, 2.24) is 9.88 Å². The highest BCUT2D eigenvalue weighted by atomic mass is 32.2. The number of hydrogen-bond acceptors (Lipinski definition) is 7. The molecular weight excluding hydrogens is 440 g/mol. The number of fused-ring (bicyclic) bond motifs is 2. The van der Waals surface area contributed by atoms with Crippen molar-refractivity contribution in [3.8, 4) is 11.8 Å². The molecule has 1 aliphatic carbocycles. The van der Waals surface area contributed by atoms with Crippen molar-refractivity contribution < 1.29 is 17.9 Å². The normalized spacial score (nSPS) is 22.2. The summed E-state index contributed by atoms with van der Waals surface area (Å²) in [5.74, 6) is 1.04. The van der Waals surface area contributed by atoms with E-state index in [9.17, 15) is 13.2 Å². The number of ether oxygens (including phenoxy) is 1. The molecule has 9 heteroatoms. The molecule has 1 aromatic heterocycles. The van der Waals surface area contributed by atoms with E-state index in [1.165, 1.54) is 0 Å². The van der Waals surface area contributed by atoms with Gasteiger partial charge >= 0.3 is 0 Å². The number of likely N-dealkylation sites (tertiary alicyclic amines) is 1. The van der Waals surface area contributed by atoms with E-state index >= 15 is 0 Å². The van der Waals surface area contributed by atoms with Gasteiger partial charge in [0.05, 0.1) is 22.3 Å². The molecule has 1 aromatic carbocycles. The summed E-state index contributed by atoms with van der Waals surface area (Å²) in [5.41, 5.74) is 0.519. The summed E-state index contributed by atoms with van der Waals surface area (Å²) in [7, 11) is -3.58. The maximum Gasteiger partial charge on any atom is 0.223 e. The molecule has 8 nitrogen and oxygen atoms in total. The number of pyridine rings is 1.